The quantitative estimate of drug-likeness (QED) is 0.855. The van der Waals surface area contributed by atoms with Crippen LogP contribution < -0.4 is 0 Å². The molecule has 0 spiro atoms. The Labute approximate surface area is 125 Å². The highest BCUT2D eigenvalue weighted by Gasteiger charge is 2.28. The molecule has 2 fully saturated rings. The molecule has 0 aliphatic carbocycles. The Balaban J connectivity index is 1.55. The van der Waals surface area contributed by atoms with Gasteiger partial charge < -0.3 is 9.80 Å². The first-order valence-corrected chi connectivity index (χ1v) is 8.71. The zero-order chi connectivity index (χ0) is 13.9. The molecule has 3 rings (SSSR count). The lowest BCUT2D eigenvalue weighted by molar-refractivity contribution is 0.0649. The van der Waals surface area contributed by atoms with Gasteiger partial charge in [0.2, 0.25) is 0 Å². The average Bonchev–Trinajstić information content (AvgIpc) is 3.18. The van der Waals surface area contributed by atoms with Crippen molar-refractivity contribution in [2.75, 3.05) is 26.2 Å². The van der Waals surface area contributed by atoms with Crippen LogP contribution in [-0.2, 0) is 6.42 Å². The summed E-state index contributed by atoms with van der Waals surface area (Å²) in [5.41, 5.74) is 0. The highest BCUT2D eigenvalue weighted by molar-refractivity contribution is 7.14. The van der Waals surface area contributed by atoms with Gasteiger partial charge in [0, 0.05) is 24.0 Å². The van der Waals surface area contributed by atoms with Crippen molar-refractivity contribution in [2.24, 2.45) is 0 Å². The predicted molar refractivity (Wildman–Crippen MR) is 83.4 cm³/mol. The molecule has 0 N–H and O–H groups in total. The summed E-state index contributed by atoms with van der Waals surface area (Å²) >= 11 is 1.66. The molecule has 0 bridgehead atoms. The molecule has 0 unspecified atom stereocenters. The second kappa shape index (κ2) is 6.27. The summed E-state index contributed by atoms with van der Waals surface area (Å²) in [5.74, 6) is 0.245. The van der Waals surface area contributed by atoms with Crippen LogP contribution >= 0.6 is 11.3 Å². The number of hydrogen-bond donors (Lipinski definition) is 0. The molecule has 0 atom stereocenters. The summed E-state index contributed by atoms with van der Waals surface area (Å²) in [5, 5.41) is 0. The number of carbonyl (C=O) groups excluding carboxylic acids is 1. The third-order valence-corrected chi connectivity index (χ3v) is 5.85. The van der Waals surface area contributed by atoms with E-state index in [1.807, 2.05) is 6.07 Å². The topological polar surface area (TPSA) is 23.6 Å². The number of piperidine rings is 1. The lowest BCUT2D eigenvalue weighted by atomic mass is 10.0. The minimum absolute atomic E-state index is 0.245. The lowest BCUT2D eigenvalue weighted by Crippen LogP contribution is -2.45. The van der Waals surface area contributed by atoms with Gasteiger partial charge in [-0.15, -0.1) is 11.3 Å². The Bertz CT molecular complexity index is 457. The van der Waals surface area contributed by atoms with Crippen molar-refractivity contribution in [3.63, 3.8) is 0 Å². The molecule has 2 aliphatic rings. The standard InChI is InChI=1S/C16H24N2OS/c1-2-14-5-6-15(20-14)16(19)18-11-7-13(8-12-18)17-9-3-4-10-17/h5-6,13H,2-4,7-12H2,1H3. The fourth-order valence-electron chi connectivity index (χ4n) is 3.38. The summed E-state index contributed by atoms with van der Waals surface area (Å²) in [6, 6.07) is 4.81. The Morgan fingerprint density at radius 2 is 1.90 bits per heavy atom. The Kier molecular flexibility index (Phi) is 4.41. The number of likely N-dealkylation sites (tertiary alicyclic amines) is 2. The van der Waals surface area contributed by atoms with E-state index in [1.165, 1.54) is 30.8 Å². The number of aryl methyl sites for hydroxylation is 1. The minimum Gasteiger partial charge on any atom is -0.338 e. The molecule has 110 valence electrons. The molecule has 3 nitrogen and oxygen atoms in total. The first-order valence-electron chi connectivity index (χ1n) is 7.90. The smallest absolute Gasteiger partial charge is 0.263 e. The molecule has 4 heteroatoms. The van der Waals surface area contributed by atoms with Gasteiger partial charge in [0.05, 0.1) is 4.88 Å². The average molecular weight is 292 g/mol. The third-order valence-electron chi connectivity index (χ3n) is 4.63. The molecule has 2 saturated heterocycles. The van der Waals surface area contributed by atoms with Crippen molar-refractivity contribution in [3.8, 4) is 0 Å². The number of hydrogen-bond acceptors (Lipinski definition) is 3. The third kappa shape index (κ3) is 2.91. The molecule has 1 aromatic heterocycles. The second-order valence-corrected chi connectivity index (χ2v) is 7.05. The van der Waals surface area contributed by atoms with E-state index in [9.17, 15) is 4.79 Å². The zero-order valence-corrected chi connectivity index (χ0v) is 13.1. The molecule has 2 aliphatic heterocycles. The fourth-order valence-corrected chi connectivity index (χ4v) is 4.29. The van der Waals surface area contributed by atoms with E-state index in [4.69, 9.17) is 0 Å². The van der Waals surface area contributed by atoms with Gasteiger partial charge in [-0.3, -0.25) is 4.79 Å². The highest BCUT2D eigenvalue weighted by atomic mass is 32.1. The van der Waals surface area contributed by atoms with Gasteiger partial charge >= 0.3 is 0 Å². The molecule has 1 aromatic rings. The fraction of sp³-hybridized carbons (Fsp3) is 0.688. The first-order chi connectivity index (χ1) is 9.78. The summed E-state index contributed by atoms with van der Waals surface area (Å²) < 4.78 is 0. The normalized spacial score (nSPS) is 21.6. The van der Waals surface area contributed by atoms with Crippen LogP contribution in [0.1, 0.15) is 47.2 Å². The summed E-state index contributed by atoms with van der Waals surface area (Å²) in [4.78, 5) is 19.4. The van der Waals surface area contributed by atoms with Crippen LogP contribution in [0.3, 0.4) is 0 Å². The van der Waals surface area contributed by atoms with E-state index in [-0.39, 0.29) is 5.91 Å². The van der Waals surface area contributed by atoms with Crippen molar-refractivity contribution < 1.29 is 4.79 Å². The lowest BCUT2D eigenvalue weighted by Gasteiger charge is -2.36. The number of rotatable bonds is 3. The summed E-state index contributed by atoms with van der Waals surface area (Å²) in [6.45, 7) is 6.53. The second-order valence-electron chi connectivity index (χ2n) is 5.89. The summed E-state index contributed by atoms with van der Waals surface area (Å²) in [6.07, 6.45) is 6.03. The van der Waals surface area contributed by atoms with Crippen molar-refractivity contribution >= 4 is 17.2 Å². The van der Waals surface area contributed by atoms with Crippen LogP contribution in [0.25, 0.3) is 0 Å². The number of amides is 1. The molecular weight excluding hydrogens is 268 g/mol. The highest BCUT2D eigenvalue weighted by Crippen LogP contribution is 2.24. The maximum absolute atomic E-state index is 12.5. The van der Waals surface area contributed by atoms with Crippen LogP contribution in [0, 0.1) is 0 Å². The maximum atomic E-state index is 12.5. The van der Waals surface area contributed by atoms with E-state index in [0.29, 0.717) is 0 Å². The van der Waals surface area contributed by atoms with Crippen LogP contribution in [-0.4, -0.2) is 47.9 Å². The Hall–Kier alpha value is -0.870. The van der Waals surface area contributed by atoms with Crippen molar-refractivity contribution in [2.45, 2.75) is 45.1 Å². The zero-order valence-electron chi connectivity index (χ0n) is 12.3. The molecule has 0 radical (unpaired) electrons. The predicted octanol–water partition coefficient (Wildman–Crippen LogP) is 3.01. The number of nitrogens with zero attached hydrogens (tertiary/aromatic N) is 2. The largest absolute Gasteiger partial charge is 0.338 e. The van der Waals surface area contributed by atoms with Gasteiger partial charge in [0.25, 0.3) is 5.91 Å². The van der Waals surface area contributed by atoms with E-state index in [2.05, 4.69) is 22.8 Å². The van der Waals surface area contributed by atoms with Crippen LogP contribution in [0.4, 0.5) is 0 Å². The maximum Gasteiger partial charge on any atom is 0.263 e. The van der Waals surface area contributed by atoms with Crippen molar-refractivity contribution in [1.29, 1.82) is 0 Å². The van der Waals surface area contributed by atoms with E-state index >= 15 is 0 Å². The molecule has 3 heterocycles. The van der Waals surface area contributed by atoms with Gasteiger partial charge in [-0.2, -0.15) is 0 Å². The molecule has 20 heavy (non-hydrogen) atoms. The number of thiophene rings is 1. The SMILES string of the molecule is CCc1ccc(C(=O)N2CCC(N3CCCC3)CC2)s1. The Morgan fingerprint density at radius 3 is 2.50 bits per heavy atom. The molecule has 0 aromatic carbocycles. The van der Waals surface area contributed by atoms with Gasteiger partial charge in [-0.25, -0.2) is 0 Å². The first kappa shape index (κ1) is 14.1. The van der Waals surface area contributed by atoms with Crippen molar-refractivity contribution in [3.05, 3.63) is 21.9 Å². The van der Waals surface area contributed by atoms with Gasteiger partial charge in [0.15, 0.2) is 0 Å². The van der Waals surface area contributed by atoms with Crippen LogP contribution in [0.5, 0.6) is 0 Å². The number of carbonyl (C=O) groups is 1. The van der Waals surface area contributed by atoms with Gasteiger partial charge in [-0.05, 0) is 57.3 Å². The van der Waals surface area contributed by atoms with Crippen LogP contribution in [0.2, 0.25) is 0 Å². The van der Waals surface area contributed by atoms with Gasteiger partial charge in [0.1, 0.15) is 0 Å². The van der Waals surface area contributed by atoms with E-state index in [0.717, 1.165) is 43.3 Å². The molecular formula is C16H24N2OS. The van der Waals surface area contributed by atoms with Crippen molar-refractivity contribution in [1.82, 2.24) is 9.80 Å². The van der Waals surface area contributed by atoms with Crippen LogP contribution in [0.15, 0.2) is 12.1 Å². The molecule has 1 amide bonds. The van der Waals surface area contributed by atoms with E-state index < -0.39 is 0 Å². The Morgan fingerprint density at radius 1 is 1.20 bits per heavy atom. The van der Waals surface area contributed by atoms with E-state index in [1.54, 1.807) is 11.3 Å². The van der Waals surface area contributed by atoms with Gasteiger partial charge in [-0.1, -0.05) is 6.92 Å². The summed E-state index contributed by atoms with van der Waals surface area (Å²) in [7, 11) is 0. The minimum atomic E-state index is 0.245. The monoisotopic (exact) mass is 292 g/mol. The molecule has 0 saturated carbocycles.